The van der Waals surface area contributed by atoms with Crippen molar-refractivity contribution in [3.63, 3.8) is 0 Å². The van der Waals surface area contributed by atoms with Gasteiger partial charge in [0.05, 0.1) is 27.4 Å². The third-order valence-corrected chi connectivity index (χ3v) is 11.9. The summed E-state index contributed by atoms with van der Waals surface area (Å²) in [5, 5.41) is 26.9. The van der Waals surface area contributed by atoms with Gasteiger partial charge in [-0.2, -0.15) is 0 Å². The van der Waals surface area contributed by atoms with Gasteiger partial charge in [0.1, 0.15) is 28.9 Å². The van der Waals surface area contributed by atoms with Crippen LogP contribution in [0.3, 0.4) is 0 Å². The molecule has 2 unspecified atom stereocenters. The fourth-order valence-corrected chi connectivity index (χ4v) is 8.91. The van der Waals surface area contributed by atoms with E-state index in [0.717, 1.165) is 12.1 Å². The van der Waals surface area contributed by atoms with Crippen LogP contribution in [-0.4, -0.2) is 89.8 Å². The number of hydrogen-bond acceptors (Lipinski definition) is 11. The van der Waals surface area contributed by atoms with Crippen LogP contribution in [-0.2, 0) is 25.7 Å². The van der Waals surface area contributed by atoms with Gasteiger partial charge in [0.25, 0.3) is 5.56 Å². The lowest BCUT2D eigenvalue weighted by Crippen LogP contribution is -2.56. The van der Waals surface area contributed by atoms with Crippen LogP contribution >= 0.6 is 0 Å². The molecule has 0 spiro atoms. The monoisotopic (exact) mass is 827 g/mol. The van der Waals surface area contributed by atoms with Crippen LogP contribution in [0.1, 0.15) is 117 Å². The molecule has 60 heavy (non-hydrogen) atoms. The number of cyclic esters (lactones) is 1. The maximum atomic E-state index is 14.4. The van der Waals surface area contributed by atoms with Crippen LogP contribution in [0, 0.1) is 11.8 Å². The minimum atomic E-state index is -1.12. The Bertz CT molecular complexity index is 2170. The van der Waals surface area contributed by atoms with E-state index in [-0.39, 0.29) is 75.4 Å². The number of esters is 1. The molecule has 3 aromatic rings. The second kappa shape index (κ2) is 19.1. The molecule has 2 aromatic carbocycles. The first kappa shape index (κ1) is 43.8. The minimum absolute atomic E-state index is 0.0168. The molecule has 2 bridgehead atoms. The number of carbonyl (C=O) groups excluding carboxylic acids is 4. The average molecular weight is 828 g/mol. The number of rotatable bonds is 10. The normalized spacial score (nSPS) is 20.5. The smallest absolute Gasteiger partial charge is 0.342 e. The first-order valence-corrected chi connectivity index (χ1v) is 20.8. The second-order valence-corrected chi connectivity index (χ2v) is 16.5. The van der Waals surface area contributed by atoms with Crippen molar-refractivity contribution in [3.05, 3.63) is 80.8 Å². The van der Waals surface area contributed by atoms with Crippen molar-refractivity contribution in [2.24, 2.45) is 11.8 Å². The first-order valence-electron chi connectivity index (χ1n) is 20.8. The number of allylic oxidation sites excluding steroid dienone is 1. The van der Waals surface area contributed by atoms with Gasteiger partial charge in [-0.15, -0.1) is 0 Å². The third kappa shape index (κ3) is 9.48. The highest BCUT2D eigenvalue weighted by Crippen LogP contribution is 2.48. The van der Waals surface area contributed by atoms with Crippen molar-refractivity contribution in [2.75, 3.05) is 34.4 Å². The second-order valence-electron chi connectivity index (χ2n) is 16.5. The van der Waals surface area contributed by atoms with Crippen molar-refractivity contribution in [1.82, 2.24) is 14.8 Å². The molecule has 322 valence electrons. The van der Waals surface area contributed by atoms with Crippen LogP contribution in [0.5, 0.6) is 28.7 Å². The predicted molar refractivity (Wildman–Crippen MR) is 224 cm³/mol. The number of phenols is 2. The summed E-state index contributed by atoms with van der Waals surface area (Å²) in [5.41, 5.74) is 1.12. The molecule has 3 N–H and O–H groups in total. The van der Waals surface area contributed by atoms with Gasteiger partial charge in [-0.25, -0.2) is 4.79 Å². The van der Waals surface area contributed by atoms with E-state index in [0.29, 0.717) is 63.7 Å². The fourth-order valence-electron chi connectivity index (χ4n) is 8.91. The number of aromatic nitrogens is 1. The number of piperidine rings is 1. The number of nitrogens with one attached hydrogen (secondary N) is 1. The number of likely N-dealkylation sites (tertiary alicyclic amines) is 1. The summed E-state index contributed by atoms with van der Waals surface area (Å²) >= 11 is 0. The summed E-state index contributed by atoms with van der Waals surface area (Å²) in [5.74, 6) is -3.04. The number of ether oxygens (including phenoxy) is 4. The average Bonchev–Trinajstić information content (AvgIpc) is 3.21. The summed E-state index contributed by atoms with van der Waals surface area (Å²) < 4.78 is 24.4. The maximum Gasteiger partial charge on any atom is 0.342 e. The zero-order chi connectivity index (χ0) is 43.2. The molecule has 0 aliphatic carbocycles. The Labute approximate surface area is 350 Å². The topological polar surface area (TPSA) is 183 Å². The molecule has 6 rings (SSSR count). The number of benzene rings is 2. The Kier molecular flexibility index (Phi) is 13.9. The molecule has 5 atom stereocenters. The number of pyridine rings is 1. The van der Waals surface area contributed by atoms with E-state index < -0.39 is 41.4 Å². The van der Waals surface area contributed by atoms with E-state index in [2.05, 4.69) is 5.32 Å². The van der Waals surface area contributed by atoms with Crippen molar-refractivity contribution in [2.45, 2.75) is 103 Å². The first-order chi connectivity index (χ1) is 28.7. The molecule has 0 saturated carbocycles. The molecule has 3 aliphatic heterocycles. The molecule has 1 fully saturated rings. The van der Waals surface area contributed by atoms with E-state index >= 15 is 0 Å². The summed E-state index contributed by atoms with van der Waals surface area (Å²) in [6, 6.07) is 8.88. The highest BCUT2D eigenvalue weighted by atomic mass is 16.5. The molecule has 4 heterocycles. The van der Waals surface area contributed by atoms with E-state index in [1.165, 1.54) is 27.4 Å². The molecule has 3 aliphatic rings. The largest absolute Gasteiger partial charge is 0.507 e. The molecule has 14 heteroatoms. The fraction of sp³-hybridized carbons (Fsp3) is 0.500. The summed E-state index contributed by atoms with van der Waals surface area (Å²) in [6.07, 6.45) is 6.16. The Morgan fingerprint density at radius 2 is 1.67 bits per heavy atom. The highest BCUT2D eigenvalue weighted by molar-refractivity contribution is 5.98. The Hall–Kier alpha value is -5.79. The SMILES string of the molecule is COc1cc(C(CC(=O)NC(C(=O)N2C[C@H]3C[C@@H](C2)c2cccc(=O)n2C3)C(C)C)c2c(O)cc3c(c2O)C(=O)O[C@@H](C)CCCC(=O)CCCC=C3)cc(OC)c1OC. The zero-order valence-corrected chi connectivity index (χ0v) is 35.3. The number of ketones is 1. The lowest BCUT2D eigenvalue weighted by molar-refractivity contribution is -0.140. The van der Waals surface area contributed by atoms with E-state index in [9.17, 15) is 34.2 Å². The van der Waals surface area contributed by atoms with Crippen molar-refractivity contribution in [1.29, 1.82) is 0 Å². The number of fused-ring (bicyclic) bond motifs is 5. The van der Waals surface area contributed by atoms with Crippen LogP contribution in [0.4, 0.5) is 0 Å². The molecule has 0 radical (unpaired) electrons. The van der Waals surface area contributed by atoms with Gasteiger partial charge in [0.15, 0.2) is 11.5 Å². The standard InChI is InChI=1S/C46H57N3O11/c1-26(2)42(45(55)48-23-28-18-31(25-48)34-16-11-17-39(53)49(34)24-28)47-38(52)22-33(30-20-36(57-4)44(59-6)37(21-30)58-5)41-35(51)19-29-13-8-7-9-14-32(50)15-10-12-27(3)60-46(56)40(29)43(41)54/h8,11,13,16-17,19-21,26-28,31,33,42,51,54H,7,9-10,12,14-15,18,22-25H2,1-6H3,(H,47,52)/t27-,28+,31-,33?,42?/m0/s1. The number of Topliss-reactive ketones (excluding diaryl/α,β-unsaturated/α-hetero) is 1. The van der Waals surface area contributed by atoms with Gasteiger partial charge in [-0.3, -0.25) is 19.2 Å². The summed E-state index contributed by atoms with van der Waals surface area (Å²) in [4.78, 5) is 69.4. The van der Waals surface area contributed by atoms with Crippen molar-refractivity contribution >= 4 is 29.6 Å². The Morgan fingerprint density at radius 1 is 0.950 bits per heavy atom. The van der Waals surface area contributed by atoms with E-state index in [1.807, 2.05) is 19.9 Å². The lowest BCUT2D eigenvalue weighted by Gasteiger charge is -2.44. The van der Waals surface area contributed by atoms with Gasteiger partial charge >= 0.3 is 5.97 Å². The van der Waals surface area contributed by atoms with Crippen molar-refractivity contribution < 1.29 is 48.3 Å². The van der Waals surface area contributed by atoms with Crippen LogP contribution < -0.4 is 25.1 Å². The van der Waals surface area contributed by atoms with E-state index in [4.69, 9.17) is 18.9 Å². The Morgan fingerprint density at radius 3 is 2.35 bits per heavy atom. The maximum absolute atomic E-state index is 14.4. The van der Waals surface area contributed by atoms with Gasteiger partial charge in [-0.05, 0) is 86.3 Å². The molecule has 1 saturated heterocycles. The van der Waals surface area contributed by atoms with Gasteiger partial charge in [-0.1, -0.05) is 32.1 Å². The number of amides is 2. The van der Waals surface area contributed by atoms with Gasteiger partial charge in [0.2, 0.25) is 17.6 Å². The Balaban J connectivity index is 1.37. The van der Waals surface area contributed by atoms with Crippen LogP contribution in [0.25, 0.3) is 6.08 Å². The lowest BCUT2D eigenvalue weighted by atomic mass is 9.82. The number of nitrogens with zero attached hydrogens (tertiary/aromatic N) is 2. The number of aromatic hydroxyl groups is 2. The number of hydrogen-bond donors (Lipinski definition) is 3. The summed E-state index contributed by atoms with van der Waals surface area (Å²) in [6.45, 7) is 6.78. The molecule has 1 aromatic heterocycles. The third-order valence-electron chi connectivity index (χ3n) is 11.9. The van der Waals surface area contributed by atoms with Crippen LogP contribution in [0.15, 0.2) is 47.3 Å². The quantitative estimate of drug-likeness (QED) is 0.202. The van der Waals surface area contributed by atoms with Gasteiger partial charge < -0.3 is 43.9 Å². The molecule has 14 nitrogen and oxygen atoms in total. The number of carbonyl (C=O) groups is 4. The predicted octanol–water partition coefficient (Wildman–Crippen LogP) is 6.08. The number of methoxy groups -OCH3 is 3. The zero-order valence-electron chi connectivity index (χ0n) is 35.3. The molecular formula is C46H57N3O11. The highest BCUT2D eigenvalue weighted by Gasteiger charge is 2.40. The molecule has 2 amide bonds. The van der Waals surface area contributed by atoms with E-state index in [1.54, 1.807) is 52.8 Å². The molecular weight excluding hydrogens is 771 g/mol. The van der Waals surface area contributed by atoms with Gasteiger partial charge in [0, 0.05) is 68.1 Å². The number of phenolic OH excluding ortho intramolecular Hbond substituents is 2. The minimum Gasteiger partial charge on any atom is -0.507 e. The summed E-state index contributed by atoms with van der Waals surface area (Å²) in [7, 11) is 4.33. The van der Waals surface area contributed by atoms with Crippen molar-refractivity contribution in [3.8, 4) is 28.7 Å². The van der Waals surface area contributed by atoms with Crippen LogP contribution in [0.2, 0.25) is 0 Å².